The highest BCUT2D eigenvalue weighted by Crippen LogP contribution is 2.27. The number of rotatable bonds is 0. The lowest BCUT2D eigenvalue weighted by atomic mass is 9.97. The van der Waals surface area contributed by atoms with E-state index in [0.29, 0.717) is 17.7 Å². The predicted molar refractivity (Wildman–Crippen MR) is 41.9 cm³/mol. The lowest BCUT2D eigenvalue weighted by molar-refractivity contribution is 0.0861. The molecule has 1 atom stereocenters. The van der Waals surface area contributed by atoms with E-state index in [4.69, 9.17) is 0 Å². The van der Waals surface area contributed by atoms with Crippen molar-refractivity contribution in [3.05, 3.63) is 21.9 Å². The Morgan fingerprint density at radius 2 is 2.45 bits per heavy atom. The molecule has 0 saturated heterocycles. The number of ketones is 1. The summed E-state index contributed by atoms with van der Waals surface area (Å²) in [5.74, 6) is -0.318. The molecule has 0 radical (unpaired) electrons. The van der Waals surface area contributed by atoms with Gasteiger partial charge in [0, 0.05) is 0 Å². The Morgan fingerprint density at radius 3 is 3.27 bits per heavy atom. The molecule has 0 N–H and O–H groups in total. The minimum atomic E-state index is -1.25. The fraction of sp³-hybridized carbons (Fsp3) is 0.375. The number of hydrogen-bond donors (Lipinski definition) is 0. The van der Waals surface area contributed by atoms with Crippen molar-refractivity contribution in [2.24, 2.45) is 0 Å². The molecule has 1 nitrogen and oxygen atoms in total. The SMILES string of the molecule is O=C1c2sccc2CCC1F. The number of alkyl halides is 1. The van der Waals surface area contributed by atoms with Crippen LogP contribution in [0, 0.1) is 0 Å². The van der Waals surface area contributed by atoms with Crippen LogP contribution in [0.1, 0.15) is 21.7 Å². The molecule has 1 aliphatic carbocycles. The summed E-state index contributed by atoms with van der Waals surface area (Å²) >= 11 is 1.35. The number of carbonyl (C=O) groups excluding carboxylic acids is 1. The average molecular weight is 170 g/mol. The Balaban J connectivity index is 2.46. The van der Waals surface area contributed by atoms with Gasteiger partial charge in [-0.25, -0.2) is 4.39 Å². The Hall–Kier alpha value is -0.700. The highest BCUT2D eigenvalue weighted by atomic mass is 32.1. The maximum atomic E-state index is 12.8. The third-order valence-corrected chi connectivity index (χ3v) is 2.89. The number of thiophene rings is 1. The Morgan fingerprint density at radius 1 is 1.64 bits per heavy atom. The van der Waals surface area contributed by atoms with E-state index in [1.54, 1.807) is 0 Å². The molecule has 3 heteroatoms. The summed E-state index contributed by atoms with van der Waals surface area (Å²) in [4.78, 5) is 11.7. The van der Waals surface area contributed by atoms with Crippen molar-refractivity contribution in [2.45, 2.75) is 19.0 Å². The van der Waals surface area contributed by atoms with Crippen LogP contribution in [-0.2, 0) is 6.42 Å². The van der Waals surface area contributed by atoms with Gasteiger partial charge >= 0.3 is 0 Å². The van der Waals surface area contributed by atoms with E-state index in [2.05, 4.69) is 0 Å². The van der Waals surface area contributed by atoms with Crippen molar-refractivity contribution < 1.29 is 9.18 Å². The highest BCUT2D eigenvalue weighted by Gasteiger charge is 2.27. The molecular formula is C8H7FOS. The van der Waals surface area contributed by atoms with Gasteiger partial charge in [-0.15, -0.1) is 11.3 Å². The molecule has 0 aromatic carbocycles. The first-order valence-corrected chi connectivity index (χ1v) is 4.41. The number of aryl methyl sites for hydroxylation is 1. The van der Waals surface area contributed by atoms with E-state index in [1.165, 1.54) is 11.3 Å². The van der Waals surface area contributed by atoms with Gasteiger partial charge in [-0.05, 0) is 29.9 Å². The van der Waals surface area contributed by atoms with Crippen molar-refractivity contribution >= 4 is 17.1 Å². The number of halogens is 1. The molecular weight excluding hydrogens is 163 g/mol. The summed E-state index contributed by atoms with van der Waals surface area (Å²) in [6, 6.07) is 1.91. The summed E-state index contributed by atoms with van der Waals surface area (Å²) < 4.78 is 12.8. The first-order chi connectivity index (χ1) is 5.29. The molecule has 0 fully saturated rings. The van der Waals surface area contributed by atoms with Crippen LogP contribution in [-0.4, -0.2) is 12.0 Å². The Kier molecular flexibility index (Phi) is 1.53. The molecule has 1 heterocycles. The maximum absolute atomic E-state index is 12.8. The fourth-order valence-corrected chi connectivity index (χ4v) is 2.24. The van der Waals surface area contributed by atoms with Crippen molar-refractivity contribution in [1.29, 1.82) is 0 Å². The van der Waals surface area contributed by atoms with Gasteiger partial charge in [0.15, 0.2) is 6.17 Å². The van der Waals surface area contributed by atoms with Crippen LogP contribution in [0.15, 0.2) is 11.4 Å². The van der Waals surface area contributed by atoms with Crippen molar-refractivity contribution in [1.82, 2.24) is 0 Å². The smallest absolute Gasteiger partial charge is 0.207 e. The number of Topliss-reactive ketones (excluding diaryl/α,β-unsaturated/α-hetero) is 1. The zero-order valence-corrected chi connectivity index (χ0v) is 6.66. The van der Waals surface area contributed by atoms with Crippen LogP contribution in [0.3, 0.4) is 0 Å². The molecule has 11 heavy (non-hydrogen) atoms. The molecule has 0 saturated carbocycles. The zero-order valence-electron chi connectivity index (χ0n) is 5.84. The van der Waals surface area contributed by atoms with Crippen molar-refractivity contribution in [3.63, 3.8) is 0 Å². The minimum Gasteiger partial charge on any atom is -0.290 e. The topological polar surface area (TPSA) is 17.1 Å². The highest BCUT2D eigenvalue weighted by molar-refractivity contribution is 7.12. The summed E-state index contributed by atoms with van der Waals surface area (Å²) in [6.45, 7) is 0. The van der Waals surface area contributed by atoms with Crippen molar-refractivity contribution in [2.75, 3.05) is 0 Å². The molecule has 0 spiro atoms. The molecule has 58 valence electrons. The van der Waals surface area contributed by atoms with Crippen molar-refractivity contribution in [3.8, 4) is 0 Å². The van der Waals surface area contributed by atoms with Crippen LogP contribution in [0.5, 0.6) is 0 Å². The molecule has 1 aliphatic rings. The van der Waals surface area contributed by atoms with Gasteiger partial charge in [0.2, 0.25) is 5.78 Å². The second-order valence-electron chi connectivity index (χ2n) is 2.65. The molecule has 2 rings (SSSR count). The van der Waals surface area contributed by atoms with Crippen LogP contribution in [0.2, 0.25) is 0 Å². The van der Waals surface area contributed by atoms with Crippen LogP contribution in [0.25, 0.3) is 0 Å². The van der Waals surface area contributed by atoms with Gasteiger partial charge < -0.3 is 0 Å². The Labute approximate surface area is 67.9 Å². The predicted octanol–water partition coefficient (Wildman–Crippen LogP) is 2.22. The number of carbonyl (C=O) groups is 1. The Bertz CT molecular complexity index is 292. The molecule has 0 aliphatic heterocycles. The minimum absolute atomic E-state index is 0.318. The van der Waals surface area contributed by atoms with Gasteiger partial charge in [0.25, 0.3) is 0 Å². The molecule has 0 bridgehead atoms. The standard InChI is InChI=1S/C8H7FOS/c9-6-2-1-5-3-4-11-8(5)7(6)10/h3-4,6H,1-2H2. The largest absolute Gasteiger partial charge is 0.290 e. The van der Waals surface area contributed by atoms with Crippen LogP contribution >= 0.6 is 11.3 Å². The van der Waals surface area contributed by atoms with Gasteiger partial charge in [-0.2, -0.15) is 0 Å². The third-order valence-electron chi connectivity index (χ3n) is 1.92. The van der Waals surface area contributed by atoms with E-state index >= 15 is 0 Å². The van der Waals surface area contributed by atoms with E-state index in [0.717, 1.165) is 5.56 Å². The van der Waals surface area contributed by atoms with Gasteiger partial charge in [0.05, 0.1) is 4.88 Å². The summed E-state index contributed by atoms with van der Waals surface area (Å²) in [7, 11) is 0. The average Bonchev–Trinajstić information content (AvgIpc) is 2.45. The fourth-order valence-electron chi connectivity index (χ4n) is 1.30. The summed E-state index contributed by atoms with van der Waals surface area (Å²) in [5, 5.41) is 1.85. The molecule has 0 amide bonds. The summed E-state index contributed by atoms with van der Waals surface area (Å²) in [6.07, 6.45) is -0.171. The van der Waals surface area contributed by atoms with Crippen LogP contribution in [0.4, 0.5) is 4.39 Å². The van der Waals surface area contributed by atoms with E-state index < -0.39 is 6.17 Å². The van der Waals surface area contributed by atoms with E-state index in [1.807, 2.05) is 11.4 Å². The molecule has 1 aromatic rings. The van der Waals surface area contributed by atoms with Gasteiger partial charge in [-0.1, -0.05) is 0 Å². The second-order valence-corrected chi connectivity index (χ2v) is 3.56. The monoisotopic (exact) mass is 170 g/mol. The number of fused-ring (bicyclic) bond motifs is 1. The van der Waals surface area contributed by atoms with E-state index in [-0.39, 0.29) is 5.78 Å². The second kappa shape index (κ2) is 2.41. The van der Waals surface area contributed by atoms with Gasteiger partial charge in [0.1, 0.15) is 0 Å². The molecule has 1 unspecified atom stereocenters. The molecule has 1 aromatic heterocycles. The first kappa shape index (κ1) is 6.98. The third kappa shape index (κ3) is 0.997. The lowest BCUT2D eigenvalue weighted by Crippen LogP contribution is -2.21. The van der Waals surface area contributed by atoms with E-state index in [9.17, 15) is 9.18 Å². The lowest BCUT2D eigenvalue weighted by Gasteiger charge is -2.12. The maximum Gasteiger partial charge on any atom is 0.207 e. The first-order valence-electron chi connectivity index (χ1n) is 3.53. The zero-order chi connectivity index (χ0) is 7.84. The van der Waals surface area contributed by atoms with Crippen LogP contribution < -0.4 is 0 Å². The quantitative estimate of drug-likeness (QED) is 0.583. The summed E-state index contributed by atoms with van der Waals surface area (Å²) in [5.41, 5.74) is 1.02. The normalized spacial score (nSPS) is 23.4. The number of hydrogen-bond acceptors (Lipinski definition) is 2. The van der Waals surface area contributed by atoms with Gasteiger partial charge in [-0.3, -0.25) is 4.79 Å².